The Balaban J connectivity index is 0.000000195. The van der Waals surface area contributed by atoms with Gasteiger partial charge in [-0.2, -0.15) is 20.7 Å². The standard InChI is InChI=1S/C33H41ClN8O5Si.C24H23ClN8O4/c1-20(32(44)40-14-21(12-35)15-40)37-31(43)25-17-41(19-45-9-10-48(4,5)6)30-29(25)38-26(13-36-30)28-24-8-7-22(34)11-27(24)42(39-28)16-23-18-46-33(2,3)47-23;1-12(24(37)32-8-13(5-26)9-32)29-23(36)17-6-27-22-21(17)30-18(7-28-22)20-16-3-2-14(25)4-19(16)33(31-20)10-15(35)11-34/h7-8,11,13,17,20-21,23H,9-10,14-16,18-19H2,1-6H3,(H,37,43);2-4,6-7,12-13,15,34-35H,8-11H2,1H3,(H,27,28)(H,29,36)/t20-,23?;12-,15?/m11/s1. The second-order valence-corrected chi connectivity index (χ2v) is 29.6. The van der Waals surface area contributed by atoms with Gasteiger partial charge in [-0.25, -0.2) is 19.9 Å². The lowest BCUT2D eigenvalue weighted by Crippen LogP contribution is -2.55. The van der Waals surface area contributed by atoms with Crippen LogP contribution in [0.2, 0.25) is 35.7 Å². The second-order valence-electron chi connectivity index (χ2n) is 23.1. The highest BCUT2D eigenvalue weighted by Crippen LogP contribution is 2.34. The lowest BCUT2D eigenvalue weighted by Gasteiger charge is -2.37. The van der Waals surface area contributed by atoms with Gasteiger partial charge in [-0.1, -0.05) is 42.8 Å². The van der Waals surface area contributed by atoms with Gasteiger partial charge < -0.3 is 54.4 Å². The van der Waals surface area contributed by atoms with Crippen molar-refractivity contribution < 1.29 is 43.6 Å². The first-order valence-corrected chi connectivity index (χ1v) is 32.2. The summed E-state index contributed by atoms with van der Waals surface area (Å²) in [7, 11) is -1.31. The maximum Gasteiger partial charge on any atom is 0.255 e. The number of nitrogens with one attached hydrogen (secondary N) is 3. The van der Waals surface area contributed by atoms with Crippen molar-refractivity contribution >= 4 is 99.0 Å². The number of hydrogen-bond acceptors (Lipinski definition) is 17. The largest absolute Gasteiger partial charge is 0.394 e. The van der Waals surface area contributed by atoms with Crippen molar-refractivity contribution in [3.05, 3.63) is 82.4 Å². The van der Waals surface area contributed by atoms with E-state index in [4.69, 9.17) is 63.0 Å². The third-order valence-electron chi connectivity index (χ3n) is 14.8. The zero-order valence-corrected chi connectivity index (χ0v) is 50.3. The summed E-state index contributed by atoms with van der Waals surface area (Å²) in [6.45, 7) is 16.6. The predicted molar refractivity (Wildman–Crippen MR) is 316 cm³/mol. The van der Waals surface area contributed by atoms with Gasteiger partial charge in [-0.3, -0.25) is 28.5 Å². The zero-order chi connectivity index (χ0) is 60.6. The Morgan fingerprint density at radius 3 is 1.94 bits per heavy atom. The molecule has 28 heteroatoms. The fourth-order valence-corrected chi connectivity index (χ4v) is 11.2. The summed E-state index contributed by atoms with van der Waals surface area (Å²) in [6, 6.07) is 14.4. The van der Waals surface area contributed by atoms with Crippen molar-refractivity contribution in [1.82, 2.24) is 69.5 Å². The molecule has 8 aromatic rings. The minimum atomic E-state index is -1.31. The molecule has 85 heavy (non-hydrogen) atoms. The van der Waals surface area contributed by atoms with E-state index in [9.17, 15) is 29.4 Å². The number of aromatic nitrogens is 10. The van der Waals surface area contributed by atoms with Crippen LogP contribution in [-0.2, 0) is 43.6 Å². The summed E-state index contributed by atoms with van der Waals surface area (Å²) in [5.74, 6) is -2.48. The van der Waals surface area contributed by atoms with Gasteiger partial charge >= 0.3 is 0 Å². The van der Waals surface area contributed by atoms with Crippen LogP contribution in [0.3, 0.4) is 0 Å². The minimum absolute atomic E-state index is 0.0405. The molecule has 444 valence electrons. The summed E-state index contributed by atoms with van der Waals surface area (Å²) in [5, 5.41) is 54.8. The first-order chi connectivity index (χ1) is 40.5. The van der Waals surface area contributed by atoms with Crippen LogP contribution in [-0.4, -0.2) is 177 Å². The highest BCUT2D eigenvalue weighted by Gasteiger charge is 2.37. The monoisotopic (exact) mass is 1210 g/mol. The van der Waals surface area contributed by atoms with E-state index in [0.29, 0.717) is 112 Å². The van der Waals surface area contributed by atoms with E-state index < -0.39 is 50.5 Å². The number of H-pyrrole nitrogens is 1. The van der Waals surface area contributed by atoms with Gasteiger partial charge in [0.2, 0.25) is 11.8 Å². The number of halogens is 2. The van der Waals surface area contributed by atoms with E-state index in [1.54, 1.807) is 60.0 Å². The van der Waals surface area contributed by atoms with Crippen LogP contribution in [0.1, 0.15) is 48.4 Å². The number of aliphatic hydroxyl groups is 2. The third-order valence-corrected chi connectivity index (χ3v) is 17.0. The fraction of sp³-hybridized carbons (Fsp3) is 0.439. The molecule has 0 aliphatic carbocycles. The molecule has 2 aromatic carbocycles. The number of carbonyl (C=O) groups excluding carboxylic acids is 4. The molecule has 3 aliphatic heterocycles. The Hall–Kier alpha value is -7.92. The average Bonchev–Trinajstić information content (AvgIpc) is 2.05. The summed E-state index contributed by atoms with van der Waals surface area (Å²) in [5.41, 5.74) is 5.33. The number of benzene rings is 2. The summed E-state index contributed by atoms with van der Waals surface area (Å²) in [6.07, 6.45) is 5.08. The van der Waals surface area contributed by atoms with Crippen LogP contribution < -0.4 is 10.6 Å². The Kier molecular flexibility index (Phi) is 17.4. The van der Waals surface area contributed by atoms with Crippen LogP contribution >= 0.6 is 23.2 Å². The van der Waals surface area contributed by atoms with E-state index in [1.165, 1.54) is 22.0 Å². The number of aliphatic hydroxyl groups excluding tert-OH is 2. The lowest BCUT2D eigenvalue weighted by molar-refractivity contribution is -0.140. The quantitative estimate of drug-likeness (QED) is 0.0504. The molecule has 5 N–H and O–H groups in total. The predicted octanol–water partition coefficient (Wildman–Crippen LogP) is 5.75. The first kappa shape index (κ1) is 60.2. The van der Waals surface area contributed by atoms with E-state index in [-0.39, 0.29) is 54.2 Å². The minimum Gasteiger partial charge on any atom is -0.394 e. The maximum atomic E-state index is 13.7. The van der Waals surface area contributed by atoms with Gasteiger partial charge in [-0.05, 0) is 70.1 Å². The van der Waals surface area contributed by atoms with Gasteiger partial charge in [0.15, 0.2) is 17.1 Å². The number of nitrogens with zero attached hydrogens (tertiary/aromatic N) is 13. The number of carbonyl (C=O) groups is 4. The molecule has 11 rings (SSSR count). The molecule has 6 aromatic heterocycles. The van der Waals surface area contributed by atoms with Gasteiger partial charge in [0.25, 0.3) is 11.8 Å². The number of nitriles is 2. The Morgan fingerprint density at radius 1 is 0.835 bits per heavy atom. The molecule has 3 fully saturated rings. The molecule has 0 bridgehead atoms. The summed E-state index contributed by atoms with van der Waals surface area (Å²) >= 11 is 12.6. The number of amides is 4. The van der Waals surface area contributed by atoms with Crippen molar-refractivity contribution in [1.29, 1.82) is 10.5 Å². The molecule has 4 amide bonds. The molecule has 0 saturated carbocycles. The van der Waals surface area contributed by atoms with Gasteiger partial charge in [-0.15, -0.1) is 0 Å². The number of rotatable bonds is 18. The van der Waals surface area contributed by atoms with Gasteiger partial charge in [0.1, 0.15) is 58.7 Å². The Bertz CT molecular complexity index is 3960. The molecule has 3 aliphatic rings. The number of likely N-dealkylation sites (tertiary alicyclic amines) is 2. The van der Waals surface area contributed by atoms with E-state index >= 15 is 0 Å². The molecule has 25 nitrogen and oxygen atoms in total. The molecule has 4 atom stereocenters. The maximum absolute atomic E-state index is 13.7. The van der Waals surface area contributed by atoms with Crippen molar-refractivity contribution in [2.45, 2.75) is 103 Å². The number of ether oxygens (including phenoxy) is 3. The highest BCUT2D eigenvalue weighted by atomic mass is 35.5. The van der Waals surface area contributed by atoms with Crippen molar-refractivity contribution in [2.24, 2.45) is 11.8 Å². The molecule has 3 saturated heterocycles. The van der Waals surface area contributed by atoms with Crippen LogP contribution in [0.15, 0.2) is 61.2 Å². The normalized spacial score (nSPS) is 17.2. The number of hydrogen-bond donors (Lipinski definition) is 5. The molecule has 0 radical (unpaired) electrons. The second kappa shape index (κ2) is 24.6. The van der Waals surface area contributed by atoms with Crippen LogP contribution in [0.5, 0.6) is 0 Å². The first-order valence-electron chi connectivity index (χ1n) is 27.7. The summed E-state index contributed by atoms with van der Waals surface area (Å²) in [4.78, 5) is 77.0. The fourth-order valence-electron chi connectivity index (χ4n) is 10.1. The van der Waals surface area contributed by atoms with Crippen molar-refractivity contribution in [3.63, 3.8) is 0 Å². The molecule has 9 heterocycles. The van der Waals surface area contributed by atoms with Crippen molar-refractivity contribution in [3.8, 4) is 34.9 Å². The van der Waals surface area contributed by atoms with E-state index in [0.717, 1.165) is 16.9 Å². The molecular formula is C57H64Cl2N16O9Si. The molecule has 2 unspecified atom stereocenters. The molecule has 0 spiro atoms. The third kappa shape index (κ3) is 13.2. The Morgan fingerprint density at radius 2 is 1.39 bits per heavy atom. The molecular weight excluding hydrogens is 1150 g/mol. The van der Waals surface area contributed by atoms with E-state index in [1.807, 2.05) is 30.7 Å². The van der Waals surface area contributed by atoms with Crippen molar-refractivity contribution in [2.75, 3.05) is 46.0 Å². The number of aromatic amines is 1. The van der Waals surface area contributed by atoms with Crippen LogP contribution in [0.25, 0.3) is 66.9 Å². The van der Waals surface area contributed by atoms with Gasteiger partial charge in [0.05, 0.1) is 90.9 Å². The van der Waals surface area contributed by atoms with Crippen LogP contribution in [0, 0.1) is 34.5 Å². The lowest BCUT2D eigenvalue weighted by atomic mass is 10.0. The van der Waals surface area contributed by atoms with E-state index in [2.05, 4.69) is 62.5 Å². The Labute approximate surface area is 498 Å². The van der Waals surface area contributed by atoms with Gasteiger partial charge in [0, 0.05) is 74.1 Å². The average molecular weight is 1220 g/mol. The number of fused-ring (bicyclic) bond motifs is 4. The SMILES string of the molecule is C[C@@H](NC(=O)c1c[nH]c2ncc(-c3nn(CC(O)CO)c4cc(Cl)ccc34)nc12)C(=O)N1CC(C#N)C1.C[C@@H](NC(=O)c1cn(COCC[Si](C)(C)C)c2ncc(-c3nn(CC4COC(C)(C)O4)c4cc(Cl)ccc34)nc12)C(=O)N1CC(C#N)C1. The highest BCUT2D eigenvalue weighted by molar-refractivity contribution is 6.76. The zero-order valence-electron chi connectivity index (χ0n) is 47.8. The van der Waals surface area contributed by atoms with Crippen LogP contribution in [0.4, 0.5) is 0 Å². The topological polar surface area (TPSA) is 322 Å². The smallest absolute Gasteiger partial charge is 0.255 e. The summed E-state index contributed by atoms with van der Waals surface area (Å²) < 4.78 is 23.0.